The number of cyclic esters (lactones) is 1. The number of thiophene rings is 1. The third-order valence-corrected chi connectivity index (χ3v) is 10.4. The molecule has 0 spiro atoms. The molecule has 28 heteroatoms. The fraction of sp³-hybridized carbons (Fsp3) is 0.412. The molecule has 5 rings (SSSR count). The number of aromatic carboxylic acids is 1. The standard InChI is InChI=1S/C17H17ClFNO4.C11H11N5O6S2.C3H8NO5P.C3H9S/c1-9(2)15-16(21)20(17(22)24-15)13-8-14(11(18)7-12(13)19)23-10-5-3-4-6-10;1-5-12-9(15-11(13-5)22-2)14-10(19)16-24(20,21)6-3-4-23-7(6)8(17)18;5-3(6)1-4-2-10(7,8)9;1-4(2)3/h7-8,10H,3-6H2,1-2H3;3-4H,1-2H3,(H,17,18)(H2,12,13,14,15,16,19);4H,1-2H2,(H,5,6)(H2,7,8,9);1-3H3/q;;;+1/p-1. The number of imide groups is 1. The highest BCUT2D eigenvalue weighted by atomic mass is 35.5. The Bertz CT molecular complexity index is 2300. The zero-order valence-corrected chi connectivity index (χ0v) is 38.2. The summed E-state index contributed by atoms with van der Waals surface area (Å²) in [6, 6.07) is 2.18. The summed E-state index contributed by atoms with van der Waals surface area (Å²) in [6.45, 7) is 4.31. The summed E-state index contributed by atoms with van der Waals surface area (Å²) in [5.74, 6) is -3.90. The maximum Gasteiger partial charge on any atom is 0.427 e. The summed E-state index contributed by atoms with van der Waals surface area (Å²) >= 11 is 6.77. The van der Waals surface area contributed by atoms with Gasteiger partial charge in [-0.05, 0) is 80.4 Å². The topological polar surface area (TPSA) is 326 Å². The monoisotopic (exact) mass is 971 g/mol. The van der Waals surface area contributed by atoms with Gasteiger partial charge in [0, 0.05) is 6.07 Å². The molecular formula is C34H44ClFN7O15PS3. The number of rotatable bonds is 12. The molecule has 1 saturated heterocycles. The van der Waals surface area contributed by atoms with E-state index in [1.54, 1.807) is 18.6 Å². The number of halogens is 2. The van der Waals surface area contributed by atoms with Crippen LogP contribution in [0.3, 0.4) is 0 Å². The second-order valence-electron chi connectivity index (χ2n) is 13.1. The van der Waals surface area contributed by atoms with Crippen LogP contribution in [0.15, 0.2) is 39.8 Å². The molecular weight excluding hydrogens is 928 g/mol. The number of carboxylic acids is 2. The fourth-order valence-corrected chi connectivity index (χ4v) is 7.49. The molecule has 1 aliphatic carbocycles. The number of carboxylic acid groups (broad SMARTS) is 2. The largest absolute Gasteiger partial charge is 0.778 e. The quantitative estimate of drug-likeness (QED) is 0.0856. The average Bonchev–Trinajstić information content (AvgIpc) is 3.90. The van der Waals surface area contributed by atoms with Crippen molar-refractivity contribution < 1.29 is 75.6 Å². The molecule has 62 heavy (non-hydrogen) atoms. The van der Waals surface area contributed by atoms with E-state index in [0.29, 0.717) is 21.4 Å². The van der Waals surface area contributed by atoms with Gasteiger partial charge in [-0.15, -0.1) is 11.3 Å². The minimum absolute atomic E-state index is 0.00962. The smallest absolute Gasteiger partial charge is 0.427 e. The lowest BCUT2D eigenvalue weighted by molar-refractivity contribution is -0.193. The van der Waals surface area contributed by atoms with Crippen molar-refractivity contribution in [2.45, 2.75) is 57.5 Å². The van der Waals surface area contributed by atoms with Crippen molar-refractivity contribution in [3.05, 3.63) is 56.5 Å². The van der Waals surface area contributed by atoms with E-state index < -0.39 is 76.0 Å². The van der Waals surface area contributed by atoms with Crippen molar-refractivity contribution >= 4 is 93.1 Å². The lowest BCUT2D eigenvalue weighted by atomic mass is 10.2. The van der Waals surface area contributed by atoms with Crippen molar-refractivity contribution in [3.63, 3.8) is 0 Å². The number of nitrogens with zero attached hydrogens (tertiary/aromatic N) is 4. The van der Waals surface area contributed by atoms with Gasteiger partial charge in [0.25, 0.3) is 10.0 Å². The van der Waals surface area contributed by atoms with E-state index in [-0.39, 0.29) is 46.1 Å². The predicted octanol–water partition coefficient (Wildman–Crippen LogP) is 3.69. The third-order valence-electron chi connectivity index (χ3n) is 7.12. The van der Waals surface area contributed by atoms with Gasteiger partial charge in [-0.1, -0.05) is 11.6 Å². The highest BCUT2D eigenvalue weighted by Crippen LogP contribution is 2.37. The number of hydrogen-bond acceptors (Lipinski definition) is 17. The van der Waals surface area contributed by atoms with Crippen molar-refractivity contribution in [1.82, 2.24) is 25.0 Å². The van der Waals surface area contributed by atoms with E-state index in [4.69, 9.17) is 40.9 Å². The molecule has 1 aromatic carbocycles. The molecule has 1 atom stereocenters. The van der Waals surface area contributed by atoms with E-state index in [0.717, 1.165) is 49.2 Å². The number of anilines is 2. The van der Waals surface area contributed by atoms with Gasteiger partial charge in [0.05, 0.1) is 55.5 Å². The predicted molar refractivity (Wildman–Crippen MR) is 224 cm³/mol. The van der Waals surface area contributed by atoms with Crippen LogP contribution in [-0.4, -0.2) is 113 Å². The van der Waals surface area contributed by atoms with Gasteiger partial charge in [0.2, 0.25) is 5.95 Å². The molecule has 4 amide bonds. The average molecular weight is 972 g/mol. The number of benzene rings is 1. The number of aromatic nitrogens is 3. The second-order valence-corrected chi connectivity index (χ2v) is 20.1. The first kappa shape index (κ1) is 53.2. The van der Waals surface area contributed by atoms with E-state index in [1.165, 1.54) is 25.5 Å². The fourth-order valence-electron chi connectivity index (χ4n) is 4.73. The van der Waals surface area contributed by atoms with E-state index in [9.17, 15) is 46.2 Å². The van der Waals surface area contributed by atoms with Crippen molar-refractivity contribution in [2.75, 3.05) is 48.9 Å². The van der Waals surface area contributed by atoms with Gasteiger partial charge in [-0.25, -0.2) is 36.8 Å². The van der Waals surface area contributed by atoms with Crippen LogP contribution in [0.1, 0.15) is 55.0 Å². The number of methoxy groups -OCH3 is 1. The molecule has 2 aromatic heterocycles. The Morgan fingerprint density at radius 1 is 1.13 bits per heavy atom. The summed E-state index contributed by atoms with van der Waals surface area (Å²) in [7, 11) is -6.77. The number of urea groups is 1. The number of sulfonamides is 1. The molecule has 2 fully saturated rings. The Kier molecular flexibility index (Phi) is 20.6. The van der Waals surface area contributed by atoms with Crippen LogP contribution in [0.25, 0.3) is 0 Å². The number of allylic oxidation sites excluding steroid dienone is 1. The van der Waals surface area contributed by atoms with Gasteiger partial charge in [0.15, 0.2) is 5.76 Å². The Labute approximate surface area is 366 Å². The molecule has 0 bridgehead atoms. The third kappa shape index (κ3) is 17.4. The molecule has 6 N–H and O–H groups in total. The van der Waals surface area contributed by atoms with Crippen LogP contribution in [0.4, 0.5) is 25.6 Å². The number of aliphatic carboxylic acids is 1. The molecule has 3 heterocycles. The Hall–Kier alpha value is -4.95. The molecule has 2 aliphatic rings. The number of ether oxygens (including phenoxy) is 3. The second kappa shape index (κ2) is 24.0. The zero-order valence-electron chi connectivity index (χ0n) is 34.1. The summed E-state index contributed by atoms with van der Waals surface area (Å²) < 4.78 is 65.7. The molecule has 0 radical (unpaired) electrons. The first-order valence-electron chi connectivity index (χ1n) is 17.5. The number of aryl methyl sites for hydroxylation is 1. The van der Waals surface area contributed by atoms with E-state index in [1.807, 2.05) is 5.32 Å². The highest BCUT2D eigenvalue weighted by molar-refractivity contribution is 7.94. The number of carbonyl (C=O) groups is 5. The van der Waals surface area contributed by atoms with Crippen molar-refractivity contribution in [3.8, 4) is 11.8 Å². The number of nitrogens with one attached hydrogen (secondary N) is 3. The highest BCUT2D eigenvalue weighted by Gasteiger charge is 2.40. The van der Waals surface area contributed by atoms with Crippen molar-refractivity contribution in [2.24, 2.45) is 0 Å². The van der Waals surface area contributed by atoms with Crippen LogP contribution in [0.2, 0.25) is 5.02 Å². The van der Waals surface area contributed by atoms with Crippen LogP contribution < -0.4 is 34.6 Å². The minimum atomic E-state index is -4.37. The number of amides is 4. The normalized spacial score (nSPS) is 14.5. The van der Waals surface area contributed by atoms with Crippen LogP contribution >= 0.6 is 30.5 Å². The van der Waals surface area contributed by atoms with Gasteiger partial charge in [-0.3, -0.25) is 20.2 Å². The van der Waals surface area contributed by atoms with Crippen LogP contribution in [0, 0.1) is 12.7 Å². The molecule has 1 saturated carbocycles. The molecule has 342 valence electrons. The Morgan fingerprint density at radius 2 is 1.74 bits per heavy atom. The molecule has 22 nitrogen and oxygen atoms in total. The Morgan fingerprint density at radius 3 is 2.26 bits per heavy atom. The van der Waals surface area contributed by atoms with Crippen LogP contribution in [-0.2, 0) is 39.8 Å². The minimum Gasteiger partial charge on any atom is -0.778 e. The SMILES string of the molecule is CC(C)=C1OC(=O)N(c2cc(OC3CCCC3)c(Cl)cc2F)C1=O.COc1nc(C)nc(NC(=O)NS(=O)(=O)c2ccsc2C(=O)O)n1.C[S+](C)C.O=C(O)CNCP(=O)([O-])O. The first-order valence-corrected chi connectivity index (χ1v) is 24.5. The van der Waals surface area contributed by atoms with Crippen LogP contribution in [0.5, 0.6) is 11.8 Å². The zero-order chi connectivity index (χ0) is 47.1. The molecule has 3 aromatic rings. The Balaban J connectivity index is 0.000000329. The molecule has 1 unspecified atom stereocenters. The summed E-state index contributed by atoms with van der Waals surface area (Å²) in [5.41, 5.74) is 0.311. The van der Waals surface area contributed by atoms with Gasteiger partial charge in [0.1, 0.15) is 34.8 Å². The van der Waals surface area contributed by atoms with E-state index in [2.05, 4.69) is 39.0 Å². The summed E-state index contributed by atoms with van der Waals surface area (Å²) in [6.07, 6.45) is 8.87. The maximum absolute atomic E-state index is 14.3. The number of hydrogen-bond donors (Lipinski definition) is 6. The lowest BCUT2D eigenvalue weighted by Crippen LogP contribution is -2.35. The van der Waals surface area contributed by atoms with Gasteiger partial charge in [-0.2, -0.15) is 15.0 Å². The molecule has 1 aliphatic heterocycles. The van der Waals surface area contributed by atoms with Gasteiger partial charge < -0.3 is 38.8 Å². The number of carbonyl (C=O) groups excluding carboxylic acids is 3. The lowest BCUT2D eigenvalue weighted by Gasteiger charge is -2.18. The summed E-state index contributed by atoms with van der Waals surface area (Å²) in [4.78, 5) is 86.0. The van der Waals surface area contributed by atoms with Crippen molar-refractivity contribution in [1.29, 1.82) is 0 Å². The maximum atomic E-state index is 14.3. The summed E-state index contributed by atoms with van der Waals surface area (Å²) in [5, 5.41) is 22.4. The van der Waals surface area contributed by atoms with Gasteiger partial charge >= 0.3 is 36.0 Å². The van der Waals surface area contributed by atoms with E-state index >= 15 is 0 Å². The first-order chi connectivity index (χ1) is 28.8.